The number of benzene rings is 1. The van der Waals surface area contributed by atoms with Gasteiger partial charge in [0.1, 0.15) is 12.0 Å². The van der Waals surface area contributed by atoms with Gasteiger partial charge >= 0.3 is 0 Å². The molecule has 2 atom stereocenters. The molecule has 1 aromatic rings. The normalized spacial score (nSPS) is 20.9. The molecule has 0 amide bonds. The predicted molar refractivity (Wildman–Crippen MR) is 111 cm³/mol. The van der Waals surface area contributed by atoms with E-state index in [0.29, 0.717) is 5.70 Å². The summed E-state index contributed by atoms with van der Waals surface area (Å²) in [5.41, 5.74) is 11.1. The third kappa shape index (κ3) is 5.02. The van der Waals surface area contributed by atoms with E-state index < -0.39 is 6.23 Å². The molecule has 2 unspecified atom stereocenters. The number of hydrogen-bond donors (Lipinski definition) is 4. The van der Waals surface area contributed by atoms with Gasteiger partial charge in [-0.2, -0.15) is 0 Å². The van der Waals surface area contributed by atoms with E-state index >= 15 is 0 Å². The summed E-state index contributed by atoms with van der Waals surface area (Å²) in [7, 11) is 1.63. The molecule has 0 radical (unpaired) electrons. The Morgan fingerprint density at radius 1 is 1.37 bits per heavy atom. The van der Waals surface area contributed by atoms with Crippen molar-refractivity contribution in [2.24, 2.45) is 5.73 Å². The fourth-order valence-electron chi connectivity index (χ4n) is 3.62. The molecule has 0 saturated carbocycles. The molecule has 27 heavy (non-hydrogen) atoms. The number of aliphatic hydroxyl groups excluding tert-OH is 1. The zero-order valence-electron chi connectivity index (χ0n) is 16.0. The number of methoxy groups -OCH3 is 1. The second-order valence-corrected chi connectivity index (χ2v) is 7.05. The van der Waals surface area contributed by atoms with E-state index in [1.807, 2.05) is 31.2 Å². The molecule has 0 spiro atoms. The number of nitrogens with one attached hydrogen (secondary N) is 2. The van der Waals surface area contributed by atoms with Gasteiger partial charge in [0.25, 0.3) is 0 Å². The first-order chi connectivity index (χ1) is 13.1. The van der Waals surface area contributed by atoms with E-state index in [-0.39, 0.29) is 6.04 Å². The third-order valence-electron chi connectivity index (χ3n) is 4.96. The molecule has 2 aliphatic rings. The lowest BCUT2D eigenvalue weighted by Gasteiger charge is -2.20. The number of nitrogens with two attached hydrogens (primary N) is 1. The lowest BCUT2D eigenvalue weighted by atomic mass is 9.98. The van der Waals surface area contributed by atoms with E-state index in [1.54, 1.807) is 19.4 Å². The van der Waals surface area contributed by atoms with Crippen LogP contribution in [0, 0.1) is 0 Å². The minimum absolute atomic E-state index is 0.275. The second-order valence-electron chi connectivity index (χ2n) is 7.05. The van der Waals surface area contributed by atoms with E-state index in [9.17, 15) is 5.11 Å². The van der Waals surface area contributed by atoms with Crippen molar-refractivity contribution >= 4 is 11.8 Å². The predicted octanol–water partition coefficient (Wildman–Crippen LogP) is 3.66. The van der Waals surface area contributed by atoms with Crippen LogP contribution in [0.4, 0.5) is 5.69 Å². The molecule has 0 aromatic heterocycles. The molecule has 5 N–H and O–H groups in total. The van der Waals surface area contributed by atoms with Crippen LogP contribution in [-0.4, -0.2) is 24.5 Å². The summed E-state index contributed by atoms with van der Waals surface area (Å²) in [5.74, 6) is 0.719. The summed E-state index contributed by atoms with van der Waals surface area (Å²) in [6, 6.07) is 6.10. The summed E-state index contributed by atoms with van der Waals surface area (Å²) in [4.78, 5) is 0. The second kappa shape index (κ2) is 8.93. The van der Waals surface area contributed by atoms with Gasteiger partial charge in [-0.3, -0.25) is 5.32 Å². The van der Waals surface area contributed by atoms with Gasteiger partial charge in [-0.05, 0) is 67.5 Å². The fraction of sp³-hybridized carbons (Fsp3) is 0.364. The molecule has 0 bridgehead atoms. The number of anilines is 1. The van der Waals surface area contributed by atoms with Crippen molar-refractivity contribution in [2.75, 3.05) is 12.4 Å². The van der Waals surface area contributed by atoms with Crippen molar-refractivity contribution in [2.45, 2.75) is 44.9 Å². The number of allylic oxidation sites excluding steroid dienone is 4. The zero-order valence-corrected chi connectivity index (χ0v) is 16.0. The number of aliphatic hydroxyl groups is 1. The topological polar surface area (TPSA) is 79.5 Å². The van der Waals surface area contributed by atoms with Crippen LogP contribution >= 0.6 is 0 Å². The molecular weight excluding hydrogens is 338 g/mol. The average Bonchev–Trinajstić information content (AvgIpc) is 3.08. The smallest absolute Gasteiger partial charge is 0.142 e. The van der Waals surface area contributed by atoms with Crippen LogP contribution < -0.4 is 21.1 Å². The molecule has 0 heterocycles. The maximum Gasteiger partial charge on any atom is 0.142 e. The molecule has 2 aliphatic carbocycles. The van der Waals surface area contributed by atoms with Crippen molar-refractivity contribution in [1.29, 1.82) is 0 Å². The van der Waals surface area contributed by atoms with Crippen molar-refractivity contribution in [3.05, 3.63) is 65.0 Å². The van der Waals surface area contributed by atoms with Gasteiger partial charge in [0.05, 0.1) is 12.8 Å². The number of rotatable bonds is 7. The van der Waals surface area contributed by atoms with Crippen LogP contribution in [0.25, 0.3) is 6.08 Å². The van der Waals surface area contributed by atoms with Gasteiger partial charge in [0.15, 0.2) is 0 Å². The SMILES string of the molecule is COc1cc(/C=C/C(O)NC2CCC3=C2CCC=C3)ccc1N/C=C(/C)N. The van der Waals surface area contributed by atoms with E-state index in [4.69, 9.17) is 10.5 Å². The first-order valence-electron chi connectivity index (χ1n) is 9.44. The Labute approximate surface area is 161 Å². The van der Waals surface area contributed by atoms with E-state index in [2.05, 4.69) is 22.8 Å². The van der Waals surface area contributed by atoms with Gasteiger partial charge in [-0.25, -0.2) is 0 Å². The Morgan fingerprint density at radius 2 is 2.22 bits per heavy atom. The van der Waals surface area contributed by atoms with Gasteiger partial charge in [-0.1, -0.05) is 24.3 Å². The minimum atomic E-state index is -0.681. The summed E-state index contributed by atoms with van der Waals surface area (Å²) in [6.07, 6.45) is 13.6. The Kier molecular flexibility index (Phi) is 6.37. The number of hydrogen-bond acceptors (Lipinski definition) is 5. The fourth-order valence-corrected chi connectivity index (χ4v) is 3.62. The van der Waals surface area contributed by atoms with E-state index in [0.717, 1.165) is 42.7 Å². The third-order valence-corrected chi connectivity index (χ3v) is 4.96. The molecule has 144 valence electrons. The molecule has 5 heteroatoms. The van der Waals surface area contributed by atoms with E-state index in [1.165, 1.54) is 11.1 Å². The maximum atomic E-state index is 10.4. The van der Waals surface area contributed by atoms with Gasteiger partial charge in [0, 0.05) is 17.9 Å². The summed E-state index contributed by atoms with van der Waals surface area (Å²) < 4.78 is 5.43. The van der Waals surface area contributed by atoms with Crippen molar-refractivity contribution in [3.63, 3.8) is 0 Å². The summed E-state index contributed by atoms with van der Waals surface area (Å²) in [6.45, 7) is 1.82. The van der Waals surface area contributed by atoms with Crippen LogP contribution in [-0.2, 0) is 0 Å². The zero-order chi connectivity index (χ0) is 19.2. The first kappa shape index (κ1) is 19.3. The highest BCUT2D eigenvalue weighted by Gasteiger charge is 2.25. The van der Waals surface area contributed by atoms with Gasteiger partial charge in [0.2, 0.25) is 0 Å². The lowest BCUT2D eigenvalue weighted by molar-refractivity contribution is 0.173. The average molecular weight is 367 g/mol. The molecule has 5 nitrogen and oxygen atoms in total. The Morgan fingerprint density at radius 3 is 3.00 bits per heavy atom. The summed E-state index contributed by atoms with van der Waals surface area (Å²) >= 11 is 0. The van der Waals surface area contributed by atoms with Crippen LogP contribution in [0.2, 0.25) is 0 Å². The lowest BCUT2D eigenvalue weighted by Crippen LogP contribution is -2.37. The number of ether oxygens (including phenoxy) is 1. The Balaban J connectivity index is 1.62. The first-order valence-corrected chi connectivity index (χ1v) is 9.44. The van der Waals surface area contributed by atoms with Gasteiger partial charge < -0.3 is 20.9 Å². The summed E-state index contributed by atoms with van der Waals surface area (Å²) in [5, 5.41) is 16.8. The van der Waals surface area contributed by atoms with Crippen molar-refractivity contribution in [1.82, 2.24) is 5.32 Å². The molecule has 3 rings (SSSR count). The largest absolute Gasteiger partial charge is 0.495 e. The Bertz CT molecular complexity index is 789. The molecule has 0 fully saturated rings. The van der Waals surface area contributed by atoms with Crippen LogP contribution in [0.3, 0.4) is 0 Å². The van der Waals surface area contributed by atoms with Gasteiger partial charge in [-0.15, -0.1) is 0 Å². The quantitative estimate of drug-likeness (QED) is 0.553. The molecule has 1 aromatic carbocycles. The Hall–Kier alpha value is -2.50. The van der Waals surface area contributed by atoms with Crippen molar-refractivity contribution in [3.8, 4) is 5.75 Å². The molecule has 0 saturated heterocycles. The highest BCUT2D eigenvalue weighted by atomic mass is 16.5. The van der Waals surface area contributed by atoms with Crippen molar-refractivity contribution < 1.29 is 9.84 Å². The highest BCUT2D eigenvalue weighted by Crippen LogP contribution is 2.34. The molecular formula is C22H29N3O2. The van der Waals surface area contributed by atoms with Crippen LogP contribution in [0.1, 0.15) is 38.2 Å². The monoisotopic (exact) mass is 367 g/mol. The minimum Gasteiger partial charge on any atom is -0.495 e. The highest BCUT2D eigenvalue weighted by molar-refractivity contribution is 5.64. The molecule has 0 aliphatic heterocycles. The van der Waals surface area contributed by atoms with Crippen LogP contribution in [0.15, 0.2) is 59.5 Å². The van der Waals surface area contributed by atoms with Crippen LogP contribution in [0.5, 0.6) is 5.75 Å². The standard InChI is InChI=1S/C22H29N3O2/c1-15(23)14-24-20-10-7-16(13-21(20)27-2)8-12-22(26)25-19-11-9-17-5-3-4-6-18(17)19/h3,5,7-8,10,12-14,19,22,24-26H,4,6,9,11,23H2,1-2H3/b12-8+,15-14-. The maximum absolute atomic E-state index is 10.4.